The first-order valence-electron chi connectivity index (χ1n) is 6.07. The van der Waals surface area contributed by atoms with Gasteiger partial charge in [-0.2, -0.15) is 5.26 Å². The summed E-state index contributed by atoms with van der Waals surface area (Å²) >= 11 is 2.77. The number of thiophene rings is 1. The number of aromatic nitrogens is 1. The average Bonchev–Trinajstić information content (AvgIpc) is 3.19. The van der Waals surface area contributed by atoms with Gasteiger partial charge < -0.3 is 0 Å². The van der Waals surface area contributed by atoms with E-state index in [2.05, 4.69) is 16.4 Å². The minimum absolute atomic E-state index is 0.147. The van der Waals surface area contributed by atoms with Crippen LogP contribution in [0.2, 0.25) is 0 Å². The Labute approximate surface area is 129 Å². The molecule has 0 spiro atoms. The van der Waals surface area contributed by atoms with Crippen LogP contribution in [0.4, 0.5) is 5.13 Å². The highest BCUT2D eigenvalue weighted by Crippen LogP contribution is 2.25. The molecule has 0 saturated heterocycles. The number of carbonyl (C=O) groups excluding carboxylic acids is 1. The maximum Gasteiger partial charge on any atom is 0.267 e. The molecule has 1 amide bonds. The van der Waals surface area contributed by atoms with E-state index in [-0.39, 0.29) is 5.91 Å². The Balaban J connectivity index is 1.77. The lowest BCUT2D eigenvalue weighted by Gasteiger charge is -1.98. The van der Waals surface area contributed by atoms with Gasteiger partial charge in [0.05, 0.1) is 22.2 Å². The number of hydrogen-bond acceptors (Lipinski definition) is 5. The second-order valence-corrected chi connectivity index (χ2v) is 5.96. The Kier molecular flexibility index (Phi) is 3.77. The van der Waals surface area contributed by atoms with E-state index in [1.54, 1.807) is 18.2 Å². The molecular formula is C15H9N3OS2. The van der Waals surface area contributed by atoms with Crippen molar-refractivity contribution in [3.05, 3.63) is 57.6 Å². The van der Waals surface area contributed by atoms with Crippen LogP contribution in [0.1, 0.15) is 15.2 Å². The van der Waals surface area contributed by atoms with Crippen LogP contribution in [-0.4, -0.2) is 10.9 Å². The summed E-state index contributed by atoms with van der Waals surface area (Å²) in [5.41, 5.74) is 2.31. The van der Waals surface area contributed by atoms with Gasteiger partial charge in [0.15, 0.2) is 5.13 Å². The van der Waals surface area contributed by atoms with E-state index in [4.69, 9.17) is 5.26 Å². The highest BCUT2D eigenvalue weighted by atomic mass is 32.1. The molecule has 0 bridgehead atoms. The summed E-state index contributed by atoms with van der Waals surface area (Å²) in [4.78, 5) is 17.0. The molecule has 3 aromatic rings. The number of anilines is 1. The van der Waals surface area contributed by atoms with Gasteiger partial charge in [-0.1, -0.05) is 18.2 Å². The first kappa shape index (κ1) is 13.5. The Morgan fingerprint density at radius 1 is 1.19 bits per heavy atom. The van der Waals surface area contributed by atoms with Gasteiger partial charge in [-0.15, -0.1) is 22.7 Å². The number of nitrogens with one attached hydrogen (secondary N) is 1. The molecule has 1 aromatic carbocycles. The van der Waals surface area contributed by atoms with E-state index >= 15 is 0 Å². The molecule has 0 fully saturated rings. The number of nitriles is 1. The summed E-state index contributed by atoms with van der Waals surface area (Å²) in [7, 11) is 0. The molecule has 0 saturated carbocycles. The molecule has 4 nitrogen and oxygen atoms in total. The van der Waals surface area contributed by atoms with Crippen molar-refractivity contribution in [3.63, 3.8) is 0 Å². The van der Waals surface area contributed by atoms with Crippen LogP contribution in [0.25, 0.3) is 11.3 Å². The van der Waals surface area contributed by atoms with Crippen LogP contribution < -0.4 is 5.32 Å². The Bertz CT molecular complexity index is 798. The van der Waals surface area contributed by atoms with Crippen LogP contribution in [0.15, 0.2) is 47.2 Å². The molecule has 0 unspecified atom stereocenters. The Morgan fingerprint density at radius 2 is 2.00 bits per heavy atom. The molecule has 1 N–H and O–H groups in total. The molecule has 0 atom stereocenters. The highest BCUT2D eigenvalue weighted by Gasteiger charge is 2.10. The molecule has 21 heavy (non-hydrogen) atoms. The van der Waals surface area contributed by atoms with Crippen molar-refractivity contribution in [2.24, 2.45) is 0 Å². The van der Waals surface area contributed by atoms with Crippen molar-refractivity contribution >= 4 is 33.7 Å². The van der Waals surface area contributed by atoms with Crippen LogP contribution in [-0.2, 0) is 0 Å². The maximum absolute atomic E-state index is 11.9. The smallest absolute Gasteiger partial charge is 0.267 e. The van der Waals surface area contributed by atoms with E-state index in [0.717, 1.165) is 11.3 Å². The number of carbonyl (C=O) groups is 1. The van der Waals surface area contributed by atoms with Crippen LogP contribution in [0.3, 0.4) is 0 Å². The minimum atomic E-state index is -0.147. The van der Waals surface area contributed by atoms with Gasteiger partial charge in [0.2, 0.25) is 0 Å². The lowest BCUT2D eigenvalue weighted by molar-refractivity contribution is 0.103. The first-order chi connectivity index (χ1) is 10.3. The van der Waals surface area contributed by atoms with Crippen LogP contribution in [0, 0.1) is 11.3 Å². The molecular weight excluding hydrogens is 302 g/mol. The number of rotatable bonds is 3. The molecule has 0 radical (unpaired) electrons. The Morgan fingerprint density at radius 3 is 2.67 bits per heavy atom. The largest absolute Gasteiger partial charge is 0.297 e. The van der Waals surface area contributed by atoms with Crippen LogP contribution in [0.5, 0.6) is 0 Å². The SMILES string of the molecule is N#Cc1ccc(-c2csc(NC(=O)c3cccs3)n2)cc1. The van der Waals surface area contributed by atoms with Crippen molar-refractivity contribution in [3.8, 4) is 17.3 Å². The van der Waals surface area contributed by atoms with Crippen molar-refractivity contribution < 1.29 is 4.79 Å². The third kappa shape index (κ3) is 2.99. The summed E-state index contributed by atoms with van der Waals surface area (Å²) in [6, 6.07) is 12.9. The summed E-state index contributed by atoms with van der Waals surface area (Å²) in [6.07, 6.45) is 0. The van der Waals surface area contributed by atoms with E-state index in [1.807, 2.05) is 29.0 Å². The van der Waals surface area contributed by atoms with Crippen molar-refractivity contribution in [2.45, 2.75) is 0 Å². The van der Waals surface area contributed by atoms with Gasteiger partial charge >= 0.3 is 0 Å². The first-order valence-corrected chi connectivity index (χ1v) is 7.83. The Hall–Kier alpha value is -2.49. The monoisotopic (exact) mass is 311 g/mol. The average molecular weight is 311 g/mol. The predicted octanol–water partition coefficient (Wildman–Crippen LogP) is 4.00. The second-order valence-electron chi connectivity index (χ2n) is 4.16. The molecule has 0 aliphatic carbocycles. The molecule has 2 aromatic heterocycles. The minimum Gasteiger partial charge on any atom is -0.297 e. The topological polar surface area (TPSA) is 65.8 Å². The molecule has 102 valence electrons. The van der Waals surface area contributed by atoms with Gasteiger partial charge in [-0.3, -0.25) is 10.1 Å². The van der Waals surface area contributed by atoms with Crippen molar-refractivity contribution in [2.75, 3.05) is 5.32 Å². The summed E-state index contributed by atoms with van der Waals surface area (Å²) in [5, 5.41) is 15.9. The van der Waals surface area contributed by atoms with Gasteiger partial charge in [-0.25, -0.2) is 4.98 Å². The van der Waals surface area contributed by atoms with Crippen LogP contribution >= 0.6 is 22.7 Å². The van der Waals surface area contributed by atoms with Gasteiger partial charge in [-0.05, 0) is 23.6 Å². The molecule has 6 heteroatoms. The summed E-state index contributed by atoms with van der Waals surface area (Å²) < 4.78 is 0. The quantitative estimate of drug-likeness (QED) is 0.795. The number of hydrogen-bond donors (Lipinski definition) is 1. The standard InChI is InChI=1S/C15H9N3OS2/c16-8-10-3-5-11(6-4-10)12-9-21-15(17-12)18-14(19)13-2-1-7-20-13/h1-7,9H,(H,17,18,19). The second kappa shape index (κ2) is 5.87. The summed E-state index contributed by atoms with van der Waals surface area (Å²) in [6.45, 7) is 0. The fourth-order valence-corrected chi connectivity index (χ4v) is 3.08. The van der Waals surface area contributed by atoms with Crippen molar-refractivity contribution in [1.29, 1.82) is 5.26 Å². The fraction of sp³-hybridized carbons (Fsp3) is 0. The molecule has 0 aliphatic heterocycles. The zero-order valence-corrected chi connectivity index (χ0v) is 12.4. The zero-order chi connectivity index (χ0) is 14.7. The zero-order valence-electron chi connectivity index (χ0n) is 10.7. The van der Waals surface area contributed by atoms with Gasteiger partial charge in [0, 0.05) is 10.9 Å². The van der Waals surface area contributed by atoms with E-state index in [0.29, 0.717) is 15.6 Å². The van der Waals surface area contributed by atoms with Gasteiger partial charge in [0.1, 0.15) is 0 Å². The fourth-order valence-electron chi connectivity index (χ4n) is 1.75. The number of nitrogens with zero attached hydrogens (tertiary/aromatic N) is 2. The lowest BCUT2D eigenvalue weighted by atomic mass is 10.1. The normalized spacial score (nSPS) is 10.0. The predicted molar refractivity (Wildman–Crippen MR) is 84.5 cm³/mol. The third-order valence-electron chi connectivity index (χ3n) is 2.78. The summed E-state index contributed by atoms with van der Waals surface area (Å²) in [5.74, 6) is -0.147. The van der Waals surface area contributed by atoms with Crippen molar-refractivity contribution in [1.82, 2.24) is 4.98 Å². The van der Waals surface area contributed by atoms with E-state index in [1.165, 1.54) is 22.7 Å². The molecule has 0 aliphatic rings. The van der Waals surface area contributed by atoms with Gasteiger partial charge in [0.25, 0.3) is 5.91 Å². The number of benzene rings is 1. The number of thiazole rings is 1. The maximum atomic E-state index is 11.9. The lowest BCUT2D eigenvalue weighted by Crippen LogP contribution is -2.09. The van der Waals surface area contributed by atoms with E-state index < -0.39 is 0 Å². The van der Waals surface area contributed by atoms with E-state index in [9.17, 15) is 4.79 Å². The highest BCUT2D eigenvalue weighted by molar-refractivity contribution is 7.14. The number of amides is 1. The molecule has 3 rings (SSSR count). The third-order valence-corrected chi connectivity index (χ3v) is 4.41. The molecule has 2 heterocycles.